The summed E-state index contributed by atoms with van der Waals surface area (Å²) in [5.74, 6) is -0.110. The van der Waals surface area contributed by atoms with Crippen molar-refractivity contribution in [2.24, 2.45) is 0 Å². The van der Waals surface area contributed by atoms with Gasteiger partial charge in [-0.2, -0.15) is 0 Å². The maximum absolute atomic E-state index is 13.3. The monoisotopic (exact) mass is 525 g/mol. The number of fused-ring (bicyclic) bond motifs is 3. The van der Waals surface area contributed by atoms with Crippen molar-refractivity contribution in [3.05, 3.63) is 100 Å². The van der Waals surface area contributed by atoms with Gasteiger partial charge in [-0.1, -0.05) is 43.3 Å². The van der Waals surface area contributed by atoms with Gasteiger partial charge >= 0.3 is 0 Å². The summed E-state index contributed by atoms with van der Waals surface area (Å²) in [6.07, 6.45) is 3.32. The van der Waals surface area contributed by atoms with Crippen LogP contribution in [0.15, 0.2) is 83.8 Å². The highest BCUT2D eigenvalue weighted by Gasteiger charge is 2.14. The summed E-state index contributed by atoms with van der Waals surface area (Å²) in [5, 5.41) is 4.53. The van der Waals surface area contributed by atoms with E-state index in [0.717, 1.165) is 44.1 Å². The van der Waals surface area contributed by atoms with E-state index < -0.39 is 9.84 Å². The van der Waals surface area contributed by atoms with Gasteiger partial charge in [-0.3, -0.25) is 19.1 Å². The first-order chi connectivity index (χ1) is 18.1. The van der Waals surface area contributed by atoms with Gasteiger partial charge in [0.25, 0.3) is 5.56 Å². The zero-order chi connectivity index (χ0) is 27.0. The quantitative estimate of drug-likeness (QED) is 0.299. The number of carbonyl (C=O) groups excluding carboxylic acids is 1. The van der Waals surface area contributed by atoms with Gasteiger partial charge < -0.3 is 5.32 Å². The molecule has 0 aliphatic heterocycles. The van der Waals surface area contributed by atoms with E-state index >= 15 is 0 Å². The molecule has 0 fully saturated rings. The Bertz CT molecular complexity index is 1870. The van der Waals surface area contributed by atoms with Crippen molar-refractivity contribution in [3.8, 4) is 16.8 Å². The molecule has 0 radical (unpaired) electrons. The molecule has 0 atom stereocenters. The molecule has 0 spiro atoms. The van der Waals surface area contributed by atoms with E-state index in [-0.39, 0.29) is 17.2 Å². The molecule has 38 heavy (non-hydrogen) atoms. The molecule has 0 unspecified atom stereocenters. The highest BCUT2D eigenvalue weighted by atomic mass is 32.2. The highest BCUT2D eigenvalue weighted by Crippen LogP contribution is 2.30. The molecular formula is C30H27N3O4S. The average molecular weight is 526 g/mol. The summed E-state index contributed by atoms with van der Waals surface area (Å²) < 4.78 is 25.0. The molecule has 3 aromatic carbocycles. The Balaban J connectivity index is 1.69. The molecule has 0 aliphatic rings. The number of nitrogens with zero attached hydrogens (tertiary/aromatic N) is 2. The van der Waals surface area contributed by atoms with Gasteiger partial charge in [-0.25, -0.2) is 8.42 Å². The van der Waals surface area contributed by atoms with E-state index in [4.69, 9.17) is 0 Å². The number of aromatic nitrogens is 2. The Morgan fingerprint density at radius 1 is 0.947 bits per heavy atom. The Labute approximate surface area is 220 Å². The van der Waals surface area contributed by atoms with E-state index in [1.807, 2.05) is 67.6 Å². The van der Waals surface area contributed by atoms with E-state index in [0.29, 0.717) is 17.8 Å². The molecule has 2 heterocycles. The van der Waals surface area contributed by atoms with Gasteiger partial charge in [0, 0.05) is 41.4 Å². The van der Waals surface area contributed by atoms with Gasteiger partial charge in [0.1, 0.15) is 0 Å². The third-order valence-corrected chi connectivity index (χ3v) is 7.37. The van der Waals surface area contributed by atoms with E-state index in [1.165, 1.54) is 12.3 Å². The number of hydrogen-bond donors (Lipinski definition) is 1. The predicted octanol–water partition coefficient (Wildman–Crippen LogP) is 5.41. The molecule has 0 saturated heterocycles. The van der Waals surface area contributed by atoms with Crippen LogP contribution in [0.4, 0.5) is 5.69 Å². The summed E-state index contributed by atoms with van der Waals surface area (Å²) in [7, 11) is -3.12. The third-order valence-electron chi connectivity index (χ3n) is 6.51. The minimum Gasteiger partial charge on any atom is -0.326 e. The highest BCUT2D eigenvalue weighted by molar-refractivity contribution is 7.89. The molecule has 2 aromatic heterocycles. The van der Waals surface area contributed by atoms with Crippen LogP contribution in [0.3, 0.4) is 0 Å². The Morgan fingerprint density at radius 3 is 2.39 bits per heavy atom. The molecule has 0 saturated carbocycles. The van der Waals surface area contributed by atoms with Gasteiger partial charge in [-0.05, 0) is 59.5 Å². The smallest absolute Gasteiger partial charge is 0.255 e. The first-order valence-electron chi connectivity index (χ1n) is 12.3. The number of aryl methyl sites for hydroxylation is 1. The minimum absolute atomic E-state index is 0.0108. The number of amides is 1. The average Bonchev–Trinajstić information content (AvgIpc) is 2.89. The van der Waals surface area contributed by atoms with Crippen molar-refractivity contribution in [1.29, 1.82) is 0 Å². The second kappa shape index (κ2) is 9.87. The molecule has 8 heteroatoms. The molecule has 0 bridgehead atoms. The van der Waals surface area contributed by atoms with Crippen LogP contribution in [0.5, 0.6) is 0 Å². The Morgan fingerprint density at radius 2 is 1.68 bits per heavy atom. The van der Waals surface area contributed by atoms with Crippen LogP contribution < -0.4 is 10.9 Å². The first-order valence-corrected chi connectivity index (χ1v) is 14.3. The SMILES string of the molecule is CCC(=O)Nc1cc(-n2c(=O)ccc3cnc4ccc(-c5ccc(CS(C)(=O)=O)cc5)cc4c32)ccc1C. The third kappa shape index (κ3) is 5.08. The van der Waals surface area contributed by atoms with Crippen molar-refractivity contribution in [1.82, 2.24) is 9.55 Å². The van der Waals surface area contributed by atoms with Crippen molar-refractivity contribution >= 4 is 43.2 Å². The summed E-state index contributed by atoms with van der Waals surface area (Å²) in [5.41, 5.74) is 6.02. The summed E-state index contributed by atoms with van der Waals surface area (Å²) in [6.45, 7) is 3.70. The molecule has 5 aromatic rings. The van der Waals surface area contributed by atoms with Crippen LogP contribution >= 0.6 is 0 Å². The number of anilines is 1. The molecule has 5 rings (SSSR count). The second-order valence-corrected chi connectivity index (χ2v) is 11.6. The number of pyridine rings is 2. The number of nitrogens with one attached hydrogen (secondary N) is 1. The maximum Gasteiger partial charge on any atom is 0.255 e. The normalized spacial score (nSPS) is 11.7. The predicted molar refractivity (Wildman–Crippen MR) is 152 cm³/mol. The molecule has 192 valence electrons. The second-order valence-electron chi connectivity index (χ2n) is 9.47. The summed E-state index contributed by atoms with van der Waals surface area (Å²) in [6, 6.07) is 22.2. The lowest BCUT2D eigenvalue weighted by Gasteiger charge is -2.16. The van der Waals surface area contributed by atoms with Crippen LogP contribution in [-0.2, 0) is 20.4 Å². The standard InChI is InChI=1S/C30H27N3O4S/c1-4-28(34)32-27-16-24(12-5-19(27)2)33-29(35)14-11-23-17-31-26-13-10-22(15-25(26)30(23)33)21-8-6-20(7-9-21)18-38(3,36)37/h5-17H,4,18H2,1-3H3,(H,32,34). The maximum atomic E-state index is 13.3. The first kappa shape index (κ1) is 25.4. The van der Waals surface area contributed by atoms with E-state index in [9.17, 15) is 18.0 Å². The lowest BCUT2D eigenvalue weighted by molar-refractivity contribution is -0.115. The number of hydrogen-bond acceptors (Lipinski definition) is 5. The number of rotatable bonds is 6. The topological polar surface area (TPSA) is 98.1 Å². The summed E-state index contributed by atoms with van der Waals surface area (Å²) >= 11 is 0. The molecule has 1 N–H and O–H groups in total. The fraction of sp³-hybridized carbons (Fsp3) is 0.167. The Hall–Kier alpha value is -4.30. The molecule has 1 amide bonds. The van der Waals surface area contributed by atoms with Crippen molar-refractivity contribution < 1.29 is 13.2 Å². The fourth-order valence-electron chi connectivity index (χ4n) is 4.57. The molecule has 0 aliphatic carbocycles. The van der Waals surface area contributed by atoms with E-state index in [1.54, 1.807) is 23.8 Å². The van der Waals surface area contributed by atoms with Crippen molar-refractivity contribution in [3.63, 3.8) is 0 Å². The largest absolute Gasteiger partial charge is 0.326 e. The van der Waals surface area contributed by atoms with Gasteiger partial charge in [0.15, 0.2) is 9.84 Å². The van der Waals surface area contributed by atoms with Gasteiger partial charge in [-0.15, -0.1) is 0 Å². The van der Waals surface area contributed by atoms with Crippen LogP contribution in [0.1, 0.15) is 24.5 Å². The number of carbonyl (C=O) groups is 1. The van der Waals surface area contributed by atoms with Crippen LogP contribution in [0.25, 0.3) is 38.6 Å². The van der Waals surface area contributed by atoms with Crippen molar-refractivity contribution in [2.75, 3.05) is 11.6 Å². The van der Waals surface area contributed by atoms with Crippen LogP contribution in [0.2, 0.25) is 0 Å². The van der Waals surface area contributed by atoms with E-state index in [2.05, 4.69) is 10.3 Å². The van der Waals surface area contributed by atoms with Crippen LogP contribution in [-0.4, -0.2) is 30.1 Å². The Kier molecular flexibility index (Phi) is 6.59. The lowest BCUT2D eigenvalue weighted by Crippen LogP contribution is -2.18. The molecule has 7 nitrogen and oxygen atoms in total. The van der Waals surface area contributed by atoms with Gasteiger partial charge in [0.2, 0.25) is 5.91 Å². The fourth-order valence-corrected chi connectivity index (χ4v) is 5.36. The van der Waals surface area contributed by atoms with Crippen molar-refractivity contribution in [2.45, 2.75) is 26.0 Å². The summed E-state index contributed by atoms with van der Waals surface area (Å²) in [4.78, 5) is 29.9. The lowest BCUT2D eigenvalue weighted by atomic mass is 10.0. The minimum atomic E-state index is -3.12. The zero-order valence-electron chi connectivity index (χ0n) is 21.4. The molecular weight excluding hydrogens is 498 g/mol. The number of sulfone groups is 1. The zero-order valence-corrected chi connectivity index (χ0v) is 22.2. The number of benzene rings is 3. The van der Waals surface area contributed by atoms with Crippen LogP contribution in [0, 0.1) is 6.92 Å². The van der Waals surface area contributed by atoms with Gasteiger partial charge in [0.05, 0.1) is 22.5 Å².